The highest BCUT2D eigenvalue weighted by Crippen LogP contribution is 2.25. The van der Waals surface area contributed by atoms with Crippen LogP contribution in [0.25, 0.3) is 0 Å². The maximum absolute atomic E-state index is 12.7. The van der Waals surface area contributed by atoms with Gasteiger partial charge in [-0.25, -0.2) is 8.42 Å². The van der Waals surface area contributed by atoms with Crippen molar-refractivity contribution in [1.29, 1.82) is 0 Å². The second-order valence-corrected chi connectivity index (χ2v) is 8.92. The molecule has 0 spiro atoms. The van der Waals surface area contributed by atoms with Crippen LogP contribution in [0, 0.1) is 0 Å². The molecular weight excluding hydrogens is 332 g/mol. The van der Waals surface area contributed by atoms with Gasteiger partial charge in [-0.15, -0.1) is 11.3 Å². The molecule has 0 N–H and O–H groups in total. The van der Waals surface area contributed by atoms with Crippen molar-refractivity contribution in [2.45, 2.75) is 24.1 Å². The smallest absolute Gasteiger partial charge is 0.252 e. The molecule has 3 heterocycles. The normalized spacial score (nSPS) is 17.6. The van der Waals surface area contributed by atoms with Crippen LogP contribution in [0.4, 0.5) is 0 Å². The van der Waals surface area contributed by atoms with Crippen LogP contribution < -0.4 is 0 Å². The van der Waals surface area contributed by atoms with Gasteiger partial charge < -0.3 is 0 Å². The zero-order valence-corrected chi connectivity index (χ0v) is 14.9. The molecule has 0 aromatic carbocycles. The van der Waals surface area contributed by atoms with Crippen LogP contribution in [-0.4, -0.2) is 60.1 Å². The Bertz CT molecular complexity index is 717. The van der Waals surface area contributed by atoms with Crippen LogP contribution in [0.15, 0.2) is 34.8 Å². The third-order valence-corrected chi connectivity index (χ3v) is 7.71. The van der Waals surface area contributed by atoms with Crippen molar-refractivity contribution in [2.24, 2.45) is 0 Å². The summed E-state index contributed by atoms with van der Waals surface area (Å²) in [5.74, 6) is 0. The summed E-state index contributed by atoms with van der Waals surface area (Å²) in [6, 6.07) is 5.57. The lowest BCUT2D eigenvalue weighted by molar-refractivity contribution is 0.181. The first kappa shape index (κ1) is 16.6. The number of rotatable bonds is 6. The van der Waals surface area contributed by atoms with Crippen LogP contribution in [0.2, 0.25) is 0 Å². The van der Waals surface area contributed by atoms with Crippen molar-refractivity contribution in [3.63, 3.8) is 0 Å². The van der Waals surface area contributed by atoms with Crippen LogP contribution >= 0.6 is 11.3 Å². The monoisotopic (exact) mass is 354 g/mol. The molecule has 8 heteroatoms. The molecule has 126 valence electrons. The zero-order valence-electron chi connectivity index (χ0n) is 13.3. The van der Waals surface area contributed by atoms with E-state index < -0.39 is 10.0 Å². The van der Waals surface area contributed by atoms with E-state index in [0.29, 0.717) is 17.3 Å². The lowest BCUT2D eigenvalue weighted by atomic mass is 10.3. The highest BCUT2D eigenvalue weighted by Gasteiger charge is 2.29. The molecule has 6 nitrogen and oxygen atoms in total. The Hall–Kier alpha value is -1.22. The van der Waals surface area contributed by atoms with E-state index in [9.17, 15) is 8.42 Å². The van der Waals surface area contributed by atoms with Crippen LogP contribution in [0.3, 0.4) is 0 Å². The largest absolute Gasteiger partial charge is 0.299 e. The van der Waals surface area contributed by atoms with Crippen LogP contribution in [0.5, 0.6) is 0 Å². The minimum absolute atomic E-state index is 0.472. The summed E-state index contributed by atoms with van der Waals surface area (Å²) >= 11 is 1.39. The molecule has 1 fully saturated rings. The van der Waals surface area contributed by atoms with Gasteiger partial charge in [0.2, 0.25) is 0 Å². The summed E-state index contributed by atoms with van der Waals surface area (Å²) in [6.07, 6.45) is 4.60. The Morgan fingerprint density at radius 1 is 1.17 bits per heavy atom. The number of piperazine rings is 1. The number of aryl methyl sites for hydroxylation is 1. The molecule has 2 aromatic rings. The van der Waals surface area contributed by atoms with Crippen molar-refractivity contribution in [3.8, 4) is 0 Å². The molecule has 3 rings (SSSR count). The first-order valence-electron chi connectivity index (χ1n) is 7.88. The number of sulfonamides is 1. The highest BCUT2D eigenvalue weighted by molar-refractivity contribution is 7.91. The number of thiophene rings is 1. The summed E-state index contributed by atoms with van der Waals surface area (Å²) in [5.41, 5.74) is 0. The standard InChI is InChI=1S/C15H22N4O2S2/c1-2-14-4-5-15(22-14)23(20,21)19-12-9-17(10-13-19)8-11-18-7-3-6-16-18/h3-7H,2,8-13H2,1H3. The van der Waals surface area contributed by atoms with Gasteiger partial charge in [-0.3, -0.25) is 9.58 Å². The molecule has 0 unspecified atom stereocenters. The maximum Gasteiger partial charge on any atom is 0.252 e. The lowest BCUT2D eigenvalue weighted by Gasteiger charge is -2.33. The average Bonchev–Trinajstić information content (AvgIpc) is 3.25. The molecule has 0 aliphatic carbocycles. The summed E-state index contributed by atoms with van der Waals surface area (Å²) in [7, 11) is -3.33. The molecule has 0 atom stereocenters. The summed E-state index contributed by atoms with van der Waals surface area (Å²) in [4.78, 5) is 3.40. The van der Waals surface area contributed by atoms with E-state index in [1.54, 1.807) is 16.6 Å². The second kappa shape index (κ2) is 7.12. The van der Waals surface area contributed by atoms with Crippen molar-refractivity contribution < 1.29 is 8.42 Å². The highest BCUT2D eigenvalue weighted by atomic mass is 32.2. The fourth-order valence-electron chi connectivity index (χ4n) is 2.68. The van der Waals surface area contributed by atoms with Gasteiger partial charge in [0, 0.05) is 50.0 Å². The second-order valence-electron chi connectivity index (χ2n) is 5.59. The van der Waals surface area contributed by atoms with Crippen LogP contribution in [0.1, 0.15) is 11.8 Å². The van der Waals surface area contributed by atoms with Gasteiger partial charge in [0.25, 0.3) is 10.0 Å². The van der Waals surface area contributed by atoms with Gasteiger partial charge in [0.1, 0.15) is 4.21 Å². The van der Waals surface area contributed by atoms with E-state index in [-0.39, 0.29) is 0 Å². The molecule has 0 bridgehead atoms. The van der Waals surface area contributed by atoms with E-state index in [1.165, 1.54) is 11.3 Å². The number of aromatic nitrogens is 2. The molecule has 0 saturated carbocycles. The Labute approximate surface area is 141 Å². The van der Waals surface area contributed by atoms with Gasteiger partial charge in [-0.1, -0.05) is 6.92 Å². The van der Waals surface area contributed by atoms with E-state index in [2.05, 4.69) is 10.00 Å². The van der Waals surface area contributed by atoms with Crippen molar-refractivity contribution in [3.05, 3.63) is 35.5 Å². The van der Waals surface area contributed by atoms with Gasteiger partial charge in [-0.2, -0.15) is 9.40 Å². The van der Waals surface area contributed by atoms with Gasteiger partial charge in [0.05, 0.1) is 6.54 Å². The number of hydrogen-bond acceptors (Lipinski definition) is 5. The number of hydrogen-bond donors (Lipinski definition) is 0. The molecule has 0 radical (unpaired) electrons. The fourth-order valence-corrected chi connectivity index (χ4v) is 5.56. The Morgan fingerprint density at radius 3 is 2.57 bits per heavy atom. The zero-order chi connectivity index (χ0) is 16.3. The molecule has 23 heavy (non-hydrogen) atoms. The molecule has 1 aliphatic rings. The van der Waals surface area contributed by atoms with Crippen molar-refractivity contribution in [2.75, 3.05) is 32.7 Å². The Morgan fingerprint density at radius 2 is 1.96 bits per heavy atom. The van der Waals surface area contributed by atoms with E-state index in [0.717, 1.165) is 37.5 Å². The minimum Gasteiger partial charge on any atom is -0.299 e. The predicted octanol–water partition coefficient (Wildman–Crippen LogP) is 1.51. The molecular formula is C15H22N4O2S2. The first-order valence-corrected chi connectivity index (χ1v) is 10.1. The van der Waals surface area contributed by atoms with E-state index >= 15 is 0 Å². The lowest BCUT2D eigenvalue weighted by Crippen LogP contribution is -2.49. The van der Waals surface area contributed by atoms with Gasteiger partial charge in [0.15, 0.2) is 0 Å². The van der Waals surface area contributed by atoms with Crippen LogP contribution in [-0.2, 0) is 23.0 Å². The molecule has 2 aromatic heterocycles. The predicted molar refractivity (Wildman–Crippen MR) is 91.1 cm³/mol. The topological polar surface area (TPSA) is 58.4 Å². The first-order chi connectivity index (χ1) is 11.1. The van der Waals surface area contributed by atoms with E-state index in [4.69, 9.17) is 0 Å². The number of nitrogens with zero attached hydrogens (tertiary/aromatic N) is 4. The fraction of sp³-hybridized carbons (Fsp3) is 0.533. The summed E-state index contributed by atoms with van der Waals surface area (Å²) in [5, 5.41) is 4.19. The Balaban J connectivity index is 1.55. The Kier molecular flexibility index (Phi) is 5.15. The van der Waals surface area contributed by atoms with Gasteiger partial charge >= 0.3 is 0 Å². The molecule has 0 amide bonds. The van der Waals surface area contributed by atoms with Crippen molar-refractivity contribution in [1.82, 2.24) is 19.0 Å². The SMILES string of the molecule is CCc1ccc(S(=O)(=O)N2CCN(CCn3cccn3)CC2)s1. The minimum atomic E-state index is -3.33. The summed E-state index contributed by atoms with van der Waals surface area (Å²) in [6.45, 7) is 6.43. The van der Waals surface area contributed by atoms with Crippen molar-refractivity contribution >= 4 is 21.4 Å². The average molecular weight is 355 g/mol. The molecule has 1 aliphatic heterocycles. The third kappa shape index (κ3) is 3.82. The van der Waals surface area contributed by atoms with E-state index in [1.807, 2.05) is 29.9 Å². The van der Waals surface area contributed by atoms with Gasteiger partial charge in [-0.05, 0) is 24.6 Å². The molecule has 1 saturated heterocycles. The third-order valence-electron chi connectivity index (χ3n) is 4.12. The maximum atomic E-state index is 12.7. The quantitative estimate of drug-likeness (QED) is 0.789. The summed E-state index contributed by atoms with van der Waals surface area (Å²) < 4.78 is 29.3.